The topological polar surface area (TPSA) is 88.3 Å². The van der Waals surface area contributed by atoms with Crippen molar-refractivity contribution in [3.8, 4) is 0 Å². The molecule has 0 spiro atoms. The minimum atomic E-state index is -1.04. The summed E-state index contributed by atoms with van der Waals surface area (Å²) in [6.45, 7) is 2.24. The molecular weight excluding hydrogens is 344 g/mol. The van der Waals surface area contributed by atoms with Crippen LogP contribution in [0.5, 0.6) is 0 Å². The molecule has 1 aliphatic heterocycles. The van der Waals surface area contributed by atoms with Crippen LogP contribution in [-0.2, 0) is 7.05 Å². The lowest BCUT2D eigenvalue weighted by atomic mass is 10.1. The van der Waals surface area contributed by atoms with Gasteiger partial charge in [0.15, 0.2) is 0 Å². The molecule has 27 heavy (non-hydrogen) atoms. The Bertz CT molecular complexity index is 1060. The summed E-state index contributed by atoms with van der Waals surface area (Å²) < 4.78 is 2.04. The number of hydrogen-bond donors (Lipinski definition) is 1. The summed E-state index contributed by atoms with van der Waals surface area (Å²) in [5.41, 5.74) is 2.66. The second-order valence-electron chi connectivity index (χ2n) is 6.81. The number of hydrogen-bond acceptors (Lipinski definition) is 4. The molecule has 0 bridgehead atoms. The molecule has 1 fully saturated rings. The van der Waals surface area contributed by atoms with Crippen molar-refractivity contribution < 1.29 is 14.7 Å². The second kappa shape index (κ2) is 6.50. The Kier molecular flexibility index (Phi) is 4.14. The number of para-hydroxylation sites is 2. The number of carbonyl (C=O) groups is 2. The van der Waals surface area contributed by atoms with Crippen LogP contribution in [0.2, 0.25) is 0 Å². The first-order valence-corrected chi connectivity index (χ1v) is 8.90. The van der Waals surface area contributed by atoms with Gasteiger partial charge < -0.3 is 14.6 Å². The van der Waals surface area contributed by atoms with E-state index in [1.165, 1.54) is 12.1 Å². The summed E-state index contributed by atoms with van der Waals surface area (Å²) in [6.07, 6.45) is 1.74. The van der Waals surface area contributed by atoms with Gasteiger partial charge >= 0.3 is 5.97 Å². The largest absolute Gasteiger partial charge is 0.478 e. The summed E-state index contributed by atoms with van der Waals surface area (Å²) >= 11 is 0. The normalized spacial score (nSPS) is 16.8. The molecule has 1 N–H and O–H groups in total. The van der Waals surface area contributed by atoms with Crippen molar-refractivity contribution in [2.24, 2.45) is 7.05 Å². The molecule has 3 aromatic rings. The Morgan fingerprint density at radius 3 is 2.63 bits per heavy atom. The minimum Gasteiger partial charge on any atom is -0.478 e. The van der Waals surface area contributed by atoms with Gasteiger partial charge in [-0.3, -0.25) is 4.79 Å². The number of pyridine rings is 1. The number of nitrogens with zero attached hydrogens (tertiary/aromatic N) is 4. The highest BCUT2D eigenvalue weighted by Crippen LogP contribution is 2.33. The average molecular weight is 364 g/mol. The van der Waals surface area contributed by atoms with Crippen molar-refractivity contribution in [1.82, 2.24) is 19.4 Å². The molecule has 1 amide bonds. The van der Waals surface area contributed by atoms with Crippen LogP contribution in [0.4, 0.5) is 0 Å². The van der Waals surface area contributed by atoms with Gasteiger partial charge in [0, 0.05) is 13.6 Å². The molecule has 4 rings (SSSR count). The van der Waals surface area contributed by atoms with Crippen molar-refractivity contribution in [3.63, 3.8) is 0 Å². The van der Waals surface area contributed by atoms with Gasteiger partial charge in [-0.2, -0.15) is 0 Å². The molecule has 0 aliphatic carbocycles. The second-order valence-corrected chi connectivity index (χ2v) is 6.81. The first kappa shape index (κ1) is 17.2. The molecular formula is C20H20N4O3. The van der Waals surface area contributed by atoms with Crippen LogP contribution in [0.1, 0.15) is 51.2 Å². The molecule has 7 heteroatoms. The van der Waals surface area contributed by atoms with E-state index < -0.39 is 5.97 Å². The van der Waals surface area contributed by atoms with Crippen molar-refractivity contribution in [1.29, 1.82) is 0 Å². The molecule has 1 aromatic carbocycles. The number of imidazole rings is 1. The predicted octanol–water partition coefficient (Wildman–Crippen LogP) is 2.95. The number of aromatic nitrogens is 3. The monoisotopic (exact) mass is 364 g/mol. The number of carboxylic acids is 1. The minimum absolute atomic E-state index is 0.111. The van der Waals surface area contributed by atoms with Gasteiger partial charge in [-0.25, -0.2) is 14.8 Å². The molecule has 0 saturated carbocycles. The predicted molar refractivity (Wildman–Crippen MR) is 99.7 cm³/mol. The van der Waals surface area contributed by atoms with Crippen LogP contribution in [0.3, 0.4) is 0 Å². The Morgan fingerprint density at radius 1 is 1.15 bits per heavy atom. The van der Waals surface area contributed by atoms with Crippen molar-refractivity contribution in [2.45, 2.75) is 25.8 Å². The number of aryl methyl sites for hydroxylation is 2. The molecule has 138 valence electrons. The molecule has 1 saturated heterocycles. The van der Waals surface area contributed by atoms with E-state index in [2.05, 4.69) is 4.98 Å². The Labute approximate surface area is 156 Å². The van der Waals surface area contributed by atoms with Gasteiger partial charge in [0.25, 0.3) is 5.91 Å². The highest BCUT2D eigenvalue weighted by Gasteiger charge is 2.34. The van der Waals surface area contributed by atoms with E-state index in [-0.39, 0.29) is 23.2 Å². The lowest BCUT2D eigenvalue weighted by Crippen LogP contribution is -2.32. The fraction of sp³-hybridized carbons (Fsp3) is 0.300. The van der Waals surface area contributed by atoms with E-state index in [0.29, 0.717) is 12.2 Å². The molecule has 1 aliphatic rings. The summed E-state index contributed by atoms with van der Waals surface area (Å²) in [6, 6.07) is 10.7. The third-order valence-corrected chi connectivity index (χ3v) is 5.17. The summed E-state index contributed by atoms with van der Waals surface area (Å²) in [4.78, 5) is 35.0. The Balaban J connectivity index is 1.68. The molecule has 7 nitrogen and oxygen atoms in total. The van der Waals surface area contributed by atoms with E-state index in [1.807, 2.05) is 35.9 Å². The van der Waals surface area contributed by atoms with Crippen LogP contribution in [0.15, 0.2) is 36.4 Å². The molecule has 0 radical (unpaired) electrons. The van der Waals surface area contributed by atoms with Crippen molar-refractivity contribution >= 4 is 22.9 Å². The number of fused-ring (bicyclic) bond motifs is 1. The third-order valence-electron chi connectivity index (χ3n) is 5.17. The molecule has 3 heterocycles. The van der Waals surface area contributed by atoms with E-state index in [1.54, 1.807) is 11.8 Å². The van der Waals surface area contributed by atoms with Gasteiger partial charge in [-0.1, -0.05) is 12.1 Å². The number of likely N-dealkylation sites (tertiary alicyclic amines) is 1. The zero-order valence-corrected chi connectivity index (χ0v) is 15.2. The standard InChI is InChI=1S/C20H20N4O3/c1-12-13(20(26)27)9-10-15(21-12)19(25)24-11-5-8-17(24)18-22-14-6-3-4-7-16(14)23(18)2/h3-4,6-7,9-10,17H,5,8,11H2,1-2H3,(H,26,27). The van der Waals surface area contributed by atoms with Crippen LogP contribution in [0, 0.1) is 6.92 Å². The van der Waals surface area contributed by atoms with E-state index in [4.69, 9.17) is 10.1 Å². The zero-order chi connectivity index (χ0) is 19.1. The SMILES string of the molecule is Cc1nc(C(=O)N2CCCC2c2nc3ccccc3n2C)ccc1C(=O)O. The Morgan fingerprint density at radius 2 is 1.93 bits per heavy atom. The number of amides is 1. The number of carbonyl (C=O) groups excluding carboxylic acids is 1. The zero-order valence-electron chi connectivity index (χ0n) is 15.2. The van der Waals surface area contributed by atoms with Gasteiger partial charge in [-0.05, 0) is 44.0 Å². The van der Waals surface area contributed by atoms with E-state index in [9.17, 15) is 9.59 Å². The van der Waals surface area contributed by atoms with Gasteiger partial charge in [0.2, 0.25) is 0 Å². The summed E-state index contributed by atoms with van der Waals surface area (Å²) in [7, 11) is 1.97. The van der Waals surface area contributed by atoms with E-state index >= 15 is 0 Å². The van der Waals surface area contributed by atoms with Crippen molar-refractivity contribution in [3.05, 3.63) is 59.2 Å². The summed E-state index contributed by atoms with van der Waals surface area (Å²) in [5, 5.41) is 9.15. The molecule has 2 aromatic heterocycles. The highest BCUT2D eigenvalue weighted by atomic mass is 16.4. The number of rotatable bonds is 3. The quantitative estimate of drug-likeness (QED) is 0.772. The van der Waals surface area contributed by atoms with Crippen LogP contribution in [0.25, 0.3) is 11.0 Å². The Hall–Kier alpha value is -3.22. The lowest BCUT2D eigenvalue weighted by Gasteiger charge is -2.24. The summed E-state index contributed by atoms with van der Waals surface area (Å²) in [5.74, 6) is -0.372. The number of carboxylic acid groups (broad SMARTS) is 1. The fourth-order valence-corrected chi connectivity index (χ4v) is 3.79. The molecule has 1 atom stereocenters. The van der Waals surface area contributed by atoms with Crippen molar-refractivity contribution in [2.75, 3.05) is 6.54 Å². The van der Waals surface area contributed by atoms with Crippen LogP contribution in [-0.4, -0.2) is 43.0 Å². The van der Waals surface area contributed by atoms with Gasteiger partial charge in [-0.15, -0.1) is 0 Å². The smallest absolute Gasteiger partial charge is 0.337 e. The lowest BCUT2D eigenvalue weighted by molar-refractivity contribution is 0.0688. The fourth-order valence-electron chi connectivity index (χ4n) is 3.79. The maximum Gasteiger partial charge on any atom is 0.337 e. The number of benzene rings is 1. The number of aromatic carboxylic acids is 1. The average Bonchev–Trinajstić information content (AvgIpc) is 3.25. The highest BCUT2D eigenvalue weighted by molar-refractivity contribution is 5.95. The first-order chi connectivity index (χ1) is 13.0. The maximum atomic E-state index is 13.1. The van der Waals surface area contributed by atoms with Gasteiger partial charge in [0.05, 0.1) is 28.3 Å². The first-order valence-electron chi connectivity index (χ1n) is 8.90. The maximum absolute atomic E-state index is 13.1. The van der Waals surface area contributed by atoms with Crippen LogP contribution >= 0.6 is 0 Å². The molecule has 1 unspecified atom stereocenters. The van der Waals surface area contributed by atoms with Gasteiger partial charge in [0.1, 0.15) is 11.5 Å². The van der Waals surface area contributed by atoms with Crippen LogP contribution < -0.4 is 0 Å². The van der Waals surface area contributed by atoms with E-state index in [0.717, 1.165) is 29.7 Å². The third kappa shape index (κ3) is 2.85.